The summed E-state index contributed by atoms with van der Waals surface area (Å²) in [6.07, 6.45) is 5.64. The van der Waals surface area contributed by atoms with Crippen LogP contribution in [-0.2, 0) is 33.4 Å². The first-order valence-electron chi connectivity index (χ1n) is 10.3. The summed E-state index contributed by atoms with van der Waals surface area (Å²) < 4.78 is 4.83. The molecular formula is C25H30N2. The van der Waals surface area contributed by atoms with Gasteiger partial charge >= 0.3 is 0 Å². The lowest BCUT2D eigenvalue weighted by Gasteiger charge is -2.10. The minimum atomic E-state index is 1.02. The van der Waals surface area contributed by atoms with Gasteiger partial charge in [-0.05, 0) is 36.1 Å². The molecule has 0 radical (unpaired) electrons. The molecule has 0 aliphatic rings. The van der Waals surface area contributed by atoms with E-state index in [9.17, 15) is 0 Å². The van der Waals surface area contributed by atoms with Crippen LogP contribution in [0.25, 0.3) is 21.8 Å². The molecule has 0 atom stereocenters. The van der Waals surface area contributed by atoms with E-state index in [0.29, 0.717) is 0 Å². The van der Waals surface area contributed by atoms with Crippen molar-refractivity contribution in [3.05, 3.63) is 71.0 Å². The Morgan fingerprint density at radius 1 is 0.630 bits per heavy atom. The average molecular weight is 359 g/mol. The number of benzene rings is 2. The quantitative estimate of drug-likeness (QED) is 0.390. The highest BCUT2D eigenvalue weighted by atomic mass is 15.0. The molecule has 0 spiro atoms. The molecule has 0 bridgehead atoms. The van der Waals surface area contributed by atoms with Crippen molar-refractivity contribution in [1.29, 1.82) is 0 Å². The molecule has 2 heterocycles. The normalized spacial score (nSPS) is 11.7. The second-order valence-electron chi connectivity index (χ2n) is 7.68. The van der Waals surface area contributed by atoms with Crippen LogP contribution in [0, 0.1) is 0 Å². The summed E-state index contributed by atoms with van der Waals surface area (Å²) in [5.74, 6) is 0. The van der Waals surface area contributed by atoms with Gasteiger partial charge in [-0.1, -0.05) is 63.1 Å². The van der Waals surface area contributed by atoms with Crippen LogP contribution in [-0.4, -0.2) is 9.13 Å². The van der Waals surface area contributed by atoms with Crippen molar-refractivity contribution in [1.82, 2.24) is 9.13 Å². The van der Waals surface area contributed by atoms with E-state index in [1.54, 1.807) is 0 Å². The van der Waals surface area contributed by atoms with Crippen LogP contribution in [0.4, 0.5) is 0 Å². The van der Waals surface area contributed by atoms with E-state index in [1.165, 1.54) is 57.2 Å². The lowest BCUT2D eigenvalue weighted by atomic mass is 9.96. The Morgan fingerprint density at radius 3 is 1.44 bits per heavy atom. The third-order valence-corrected chi connectivity index (χ3v) is 6.01. The molecule has 0 unspecified atom stereocenters. The van der Waals surface area contributed by atoms with E-state index in [1.807, 2.05) is 0 Å². The zero-order valence-corrected chi connectivity index (χ0v) is 17.0. The van der Waals surface area contributed by atoms with Gasteiger partial charge in [0.05, 0.1) is 0 Å². The number of hydrogen-bond acceptors (Lipinski definition) is 0. The zero-order chi connectivity index (χ0) is 19.0. The van der Waals surface area contributed by atoms with E-state index in [4.69, 9.17) is 0 Å². The van der Waals surface area contributed by atoms with Crippen LogP contribution < -0.4 is 0 Å². The fourth-order valence-electron chi connectivity index (χ4n) is 4.73. The first kappa shape index (κ1) is 17.9. The third-order valence-electron chi connectivity index (χ3n) is 6.01. The van der Waals surface area contributed by atoms with Gasteiger partial charge in [-0.3, -0.25) is 0 Å². The SMILES string of the molecule is CCCc1c(Cc2c(CCC)n(C)c3ccccc23)c2ccccc2n1C. The van der Waals surface area contributed by atoms with E-state index < -0.39 is 0 Å². The van der Waals surface area contributed by atoms with Crippen LogP contribution in [0.1, 0.15) is 49.2 Å². The Hall–Kier alpha value is -2.48. The smallest absolute Gasteiger partial charge is 0.0482 e. The second-order valence-corrected chi connectivity index (χ2v) is 7.68. The lowest BCUT2D eigenvalue weighted by molar-refractivity contribution is 0.780. The number of para-hydroxylation sites is 2. The minimum Gasteiger partial charge on any atom is -0.347 e. The molecule has 0 saturated heterocycles. The van der Waals surface area contributed by atoms with Gasteiger partial charge < -0.3 is 9.13 Å². The van der Waals surface area contributed by atoms with Crippen LogP contribution >= 0.6 is 0 Å². The molecule has 2 nitrogen and oxygen atoms in total. The fourth-order valence-corrected chi connectivity index (χ4v) is 4.73. The second kappa shape index (κ2) is 7.26. The molecule has 4 aromatic rings. The molecule has 0 amide bonds. The Kier molecular flexibility index (Phi) is 4.82. The molecule has 4 rings (SSSR count). The largest absolute Gasteiger partial charge is 0.347 e. The molecule has 2 aromatic carbocycles. The Balaban J connectivity index is 1.95. The molecule has 0 saturated carbocycles. The van der Waals surface area contributed by atoms with Gasteiger partial charge in [0.25, 0.3) is 0 Å². The molecule has 0 aliphatic carbocycles. The maximum Gasteiger partial charge on any atom is 0.0482 e. The van der Waals surface area contributed by atoms with Crippen LogP contribution in [0.5, 0.6) is 0 Å². The Bertz CT molecular complexity index is 1010. The summed E-state index contributed by atoms with van der Waals surface area (Å²) in [6.45, 7) is 4.56. The summed E-state index contributed by atoms with van der Waals surface area (Å²) in [7, 11) is 4.46. The predicted octanol–water partition coefficient (Wildman–Crippen LogP) is 6.17. The van der Waals surface area contributed by atoms with Gasteiger partial charge in [-0.15, -0.1) is 0 Å². The lowest BCUT2D eigenvalue weighted by Crippen LogP contribution is -2.03. The van der Waals surface area contributed by atoms with Crippen molar-refractivity contribution < 1.29 is 0 Å². The van der Waals surface area contributed by atoms with E-state index in [0.717, 1.165) is 19.3 Å². The molecule has 0 N–H and O–H groups in total. The van der Waals surface area contributed by atoms with Crippen molar-refractivity contribution in [3.63, 3.8) is 0 Å². The van der Waals surface area contributed by atoms with Gasteiger partial charge in [0.2, 0.25) is 0 Å². The highest BCUT2D eigenvalue weighted by Gasteiger charge is 2.19. The van der Waals surface area contributed by atoms with Crippen molar-refractivity contribution in [3.8, 4) is 0 Å². The van der Waals surface area contributed by atoms with Crippen molar-refractivity contribution >= 4 is 21.8 Å². The average Bonchev–Trinajstić information content (AvgIpc) is 3.11. The van der Waals surface area contributed by atoms with Gasteiger partial charge in [0.15, 0.2) is 0 Å². The van der Waals surface area contributed by atoms with Gasteiger partial charge in [-0.2, -0.15) is 0 Å². The first-order chi connectivity index (χ1) is 13.2. The standard InChI is InChI=1S/C25H30N2/c1-5-11-22-20(18-13-7-9-15-24(18)26(22)3)17-21-19-14-8-10-16-25(19)27(4)23(21)12-6-2/h7-10,13-16H,5-6,11-12,17H2,1-4H3. The maximum atomic E-state index is 2.42. The van der Waals surface area contributed by atoms with Crippen molar-refractivity contribution in [2.24, 2.45) is 14.1 Å². The Morgan fingerprint density at radius 2 is 1.04 bits per heavy atom. The summed E-state index contributed by atoms with van der Waals surface area (Å²) in [4.78, 5) is 0. The minimum absolute atomic E-state index is 1.02. The number of fused-ring (bicyclic) bond motifs is 2. The molecule has 140 valence electrons. The predicted molar refractivity (Wildman–Crippen MR) is 117 cm³/mol. The summed E-state index contributed by atoms with van der Waals surface area (Å²) >= 11 is 0. The van der Waals surface area contributed by atoms with Crippen LogP contribution in [0.2, 0.25) is 0 Å². The highest BCUT2D eigenvalue weighted by Crippen LogP contribution is 2.33. The summed E-state index contributed by atoms with van der Waals surface area (Å²) in [5.41, 5.74) is 8.73. The van der Waals surface area contributed by atoms with Gasteiger partial charge in [0, 0.05) is 53.7 Å². The molecule has 2 aromatic heterocycles. The molecule has 27 heavy (non-hydrogen) atoms. The van der Waals surface area contributed by atoms with Gasteiger partial charge in [-0.25, -0.2) is 0 Å². The molecule has 0 fully saturated rings. The van der Waals surface area contributed by atoms with Crippen LogP contribution in [0.15, 0.2) is 48.5 Å². The number of aryl methyl sites for hydroxylation is 2. The highest BCUT2D eigenvalue weighted by molar-refractivity contribution is 5.89. The first-order valence-corrected chi connectivity index (χ1v) is 10.3. The van der Waals surface area contributed by atoms with Crippen molar-refractivity contribution in [2.45, 2.75) is 46.0 Å². The van der Waals surface area contributed by atoms with E-state index in [2.05, 4.69) is 85.6 Å². The maximum absolute atomic E-state index is 2.42. The van der Waals surface area contributed by atoms with Crippen molar-refractivity contribution in [2.75, 3.05) is 0 Å². The van der Waals surface area contributed by atoms with Crippen LogP contribution in [0.3, 0.4) is 0 Å². The zero-order valence-electron chi connectivity index (χ0n) is 17.0. The van der Waals surface area contributed by atoms with E-state index in [-0.39, 0.29) is 0 Å². The molecular weight excluding hydrogens is 328 g/mol. The summed E-state index contributed by atoms with van der Waals surface area (Å²) in [5, 5.41) is 2.83. The number of rotatable bonds is 6. The monoisotopic (exact) mass is 358 g/mol. The number of aromatic nitrogens is 2. The third kappa shape index (κ3) is 2.88. The van der Waals surface area contributed by atoms with E-state index >= 15 is 0 Å². The number of nitrogens with zero attached hydrogens (tertiary/aromatic N) is 2. The molecule has 2 heteroatoms. The Labute approximate surface area is 162 Å². The topological polar surface area (TPSA) is 9.86 Å². The number of hydrogen-bond donors (Lipinski definition) is 0. The molecule has 0 aliphatic heterocycles. The van der Waals surface area contributed by atoms with Gasteiger partial charge in [0.1, 0.15) is 0 Å². The summed E-state index contributed by atoms with van der Waals surface area (Å²) in [6, 6.07) is 17.8. The fraction of sp³-hybridized carbons (Fsp3) is 0.360.